The molecule has 0 atom stereocenters. The van der Waals surface area contributed by atoms with Crippen molar-refractivity contribution in [1.82, 2.24) is 0 Å². The normalized spacial score (nSPS) is 16.0. The van der Waals surface area contributed by atoms with Crippen molar-refractivity contribution in [1.29, 1.82) is 0 Å². The van der Waals surface area contributed by atoms with Gasteiger partial charge in [-0.1, -0.05) is 48.5 Å². The average molecular weight is 232 g/mol. The van der Waals surface area contributed by atoms with Crippen LogP contribution in [0.25, 0.3) is 5.57 Å². The van der Waals surface area contributed by atoms with E-state index in [4.69, 9.17) is 6.92 Å². The molecule has 0 N–H and O–H groups in total. The highest BCUT2D eigenvalue weighted by Gasteiger charge is 2.16. The highest BCUT2D eigenvalue weighted by molar-refractivity contribution is 5.83. The Morgan fingerprint density at radius 2 is 1.67 bits per heavy atom. The van der Waals surface area contributed by atoms with Gasteiger partial charge in [-0.05, 0) is 60.1 Å². The Hall–Kier alpha value is -1.82. The second kappa shape index (κ2) is 4.45. The van der Waals surface area contributed by atoms with Crippen molar-refractivity contribution >= 4 is 5.57 Å². The van der Waals surface area contributed by atoms with Gasteiger partial charge in [-0.2, -0.15) is 0 Å². The Kier molecular flexibility index (Phi) is 2.79. The summed E-state index contributed by atoms with van der Waals surface area (Å²) in [4.78, 5) is 0. The minimum atomic E-state index is 0.857. The summed E-state index contributed by atoms with van der Waals surface area (Å²) >= 11 is 0. The van der Waals surface area contributed by atoms with Gasteiger partial charge in [-0.25, -0.2) is 0 Å². The topological polar surface area (TPSA) is 0 Å². The van der Waals surface area contributed by atoms with Crippen molar-refractivity contribution < 1.29 is 0 Å². The molecular formula is C18H16. The molecule has 0 saturated carbocycles. The van der Waals surface area contributed by atoms with Crippen LogP contribution in [0, 0.1) is 6.92 Å². The van der Waals surface area contributed by atoms with E-state index < -0.39 is 0 Å². The number of fused-ring (bicyclic) bond motifs is 2. The Labute approximate surface area is 109 Å². The van der Waals surface area contributed by atoms with E-state index in [0.717, 1.165) is 18.4 Å². The predicted octanol–water partition coefficient (Wildman–Crippen LogP) is 4.30. The zero-order valence-electron chi connectivity index (χ0n) is 10.6. The third-order valence-electron chi connectivity index (χ3n) is 3.68. The molecule has 2 aromatic carbocycles. The van der Waals surface area contributed by atoms with Crippen LogP contribution >= 0.6 is 0 Å². The first-order valence-electron chi connectivity index (χ1n) is 6.43. The largest absolute Gasteiger partial charge is 0.0792 e. The maximum Gasteiger partial charge on any atom is -0.00119 e. The van der Waals surface area contributed by atoms with Crippen LogP contribution in [0.5, 0.6) is 0 Å². The van der Waals surface area contributed by atoms with Gasteiger partial charge in [0.05, 0.1) is 0 Å². The van der Waals surface area contributed by atoms with E-state index in [-0.39, 0.29) is 0 Å². The van der Waals surface area contributed by atoms with Crippen LogP contribution in [0.2, 0.25) is 0 Å². The monoisotopic (exact) mass is 232 g/mol. The fourth-order valence-corrected chi connectivity index (χ4v) is 2.81. The van der Waals surface area contributed by atoms with Gasteiger partial charge in [0, 0.05) is 0 Å². The van der Waals surface area contributed by atoms with Crippen LogP contribution in [0.1, 0.15) is 34.7 Å². The van der Waals surface area contributed by atoms with Crippen LogP contribution in [0.4, 0.5) is 0 Å². The third-order valence-corrected chi connectivity index (χ3v) is 3.68. The molecule has 0 nitrogen and oxygen atoms in total. The predicted molar refractivity (Wildman–Crippen MR) is 76.4 cm³/mol. The molecule has 0 amide bonds. The van der Waals surface area contributed by atoms with Gasteiger partial charge < -0.3 is 0 Å². The molecule has 0 bridgehead atoms. The molecule has 0 unspecified atom stereocenters. The Balaban J connectivity index is 2.25. The summed E-state index contributed by atoms with van der Waals surface area (Å²) in [6, 6.07) is 15.0. The molecule has 0 fully saturated rings. The molecule has 2 aromatic rings. The molecule has 1 aliphatic rings. The van der Waals surface area contributed by atoms with Crippen molar-refractivity contribution in [3.05, 3.63) is 83.3 Å². The van der Waals surface area contributed by atoms with Crippen molar-refractivity contribution in [3.63, 3.8) is 0 Å². The maximum atomic E-state index is 5.91. The van der Waals surface area contributed by atoms with E-state index in [0.29, 0.717) is 0 Å². The van der Waals surface area contributed by atoms with E-state index in [1.54, 1.807) is 0 Å². The third kappa shape index (κ3) is 1.78. The summed E-state index contributed by atoms with van der Waals surface area (Å²) in [5.41, 5.74) is 7.67. The van der Waals surface area contributed by atoms with Gasteiger partial charge in [0.2, 0.25) is 0 Å². The van der Waals surface area contributed by atoms with Gasteiger partial charge in [0.15, 0.2) is 0 Å². The quantitative estimate of drug-likeness (QED) is 0.635. The molecule has 18 heavy (non-hydrogen) atoms. The zero-order chi connectivity index (χ0) is 12.5. The van der Waals surface area contributed by atoms with Gasteiger partial charge in [-0.3, -0.25) is 0 Å². The summed E-state index contributed by atoms with van der Waals surface area (Å²) in [5, 5.41) is 0. The fraction of sp³-hybridized carbons (Fsp3) is 0.167. The molecular weight excluding hydrogens is 216 g/mol. The van der Waals surface area contributed by atoms with Crippen molar-refractivity contribution in [2.24, 2.45) is 0 Å². The van der Waals surface area contributed by atoms with Gasteiger partial charge in [0.1, 0.15) is 0 Å². The SMILES string of the molecule is [CH]c1ccc2c(c1)CCc1ccccc1/C2=C\C. The number of aryl methyl sites for hydroxylation is 2. The maximum absolute atomic E-state index is 5.91. The summed E-state index contributed by atoms with van der Waals surface area (Å²) in [6.07, 6.45) is 4.36. The smallest absolute Gasteiger partial charge is 0.00119 e. The minimum absolute atomic E-state index is 0.857. The first-order valence-corrected chi connectivity index (χ1v) is 6.43. The molecule has 0 aromatic heterocycles. The van der Waals surface area contributed by atoms with Crippen LogP contribution in [-0.2, 0) is 12.8 Å². The Morgan fingerprint density at radius 3 is 2.50 bits per heavy atom. The second-order valence-corrected chi connectivity index (χ2v) is 4.78. The van der Waals surface area contributed by atoms with Crippen LogP contribution < -0.4 is 0 Å². The molecule has 0 heteroatoms. The summed E-state index contributed by atoms with van der Waals surface area (Å²) in [7, 11) is 0. The van der Waals surface area contributed by atoms with Gasteiger partial charge >= 0.3 is 0 Å². The van der Waals surface area contributed by atoms with Gasteiger partial charge in [0.25, 0.3) is 0 Å². The van der Waals surface area contributed by atoms with E-state index in [2.05, 4.69) is 49.4 Å². The number of rotatable bonds is 0. The highest BCUT2D eigenvalue weighted by atomic mass is 14.2. The Morgan fingerprint density at radius 1 is 0.944 bits per heavy atom. The van der Waals surface area contributed by atoms with E-state index in [9.17, 15) is 0 Å². The summed E-state index contributed by atoms with van der Waals surface area (Å²) in [5.74, 6) is 0. The molecule has 0 spiro atoms. The molecule has 0 saturated heterocycles. The highest BCUT2D eigenvalue weighted by Crippen LogP contribution is 2.33. The summed E-state index contributed by atoms with van der Waals surface area (Å²) < 4.78 is 0. The van der Waals surface area contributed by atoms with E-state index >= 15 is 0 Å². The zero-order valence-corrected chi connectivity index (χ0v) is 10.6. The standard InChI is InChI=1S/C18H16/c1-3-16-17-7-5-4-6-14(17)9-10-15-12-13(2)8-11-18(15)16/h2-8,11-12H,9-10H2,1H3/b16-3+. The van der Waals surface area contributed by atoms with Crippen LogP contribution in [0.15, 0.2) is 48.5 Å². The number of benzene rings is 2. The number of hydrogen-bond acceptors (Lipinski definition) is 0. The first-order chi connectivity index (χ1) is 8.79. The van der Waals surface area contributed by atoms with Crippen molar-refractivity contribution in [2.45, 2.75) is 19.8 Å². The van der Waals surface area contributed by atoms with Crippen LogP contribution in [0.3, 0.4) is 0 Å². The first kappa shape index (κ1) is 11.3. The van der Waals surface area contributed by atoms with Crippen LogP contribution in [-0.4, -0.2) is 0 Å². The average Bonchev–Trinajstić information content (AvgIpc) is 2.55. The molecule has 88 valence electrons. The lowest BCUT2D eigenvalue weighted by Gasteiger charge is -2.11. The van der Waals surface area contributed by atoms with Crippen molar-refractivity contribution in [3.8, 4) is 0 Å². The number of allylic oxidation sites excluding steroid dienone is 1. The molecule has 2 radical (unpaired) electrons. The van der Waals surface area contributed by atoms with E-state index in [1.807, 2.05) is 6.07 Å². The minimum Gasteiger partial charge on any atom is -0.0792 e. The fourth-order valence-electron chi connectivity index (χ4n) is 2.81. The molecule has 3 rings (SSSR count). The van der Waals surface area contributed by atoms with E-state index in [1.165, 1.54) is 27.8 Å². The Bertz CT molecular complexity index is 618. The second-order valence-electron chi connectivity index (χ2n) is 4.78. The molecule has 0 aliphatic heterocycles. The molecule has 1 aliphatic carbocycles. The lowest BCUT2D eigenvalue weighted by Crippen LogP contribution is -1.92. The summed E-state index contributed by atoms with van der Waals surface area (Å²) in [6.45, 7) is 8.01. The van der Waals surface area contributed by atoms with Crippen molar-refractivity contribution in [2.75, 3.05) is 0 Å². The van der Waals surface area contributed by atoms with Gasteiger partial charge in [-0.15, -0.1) is 0 Å². The molecule has 0 heterocycles. The lowest BCUT2D eigenvalue weighted by molar-refractivity contribution is 0.964. The number of hydrogen-bond donors (Lipinski definition) is 0. The lowest BCUT2D eigenvalue weighted by atomic mass is 9.93.